The number of imidazole rings is 1. The van der Waals surface area contributed by atoms with E-state index in [1.807, 2.05) is 0 Å². The Balaban J connectivity index is 2.10. The molecule has 9 heteroatoms. The molecule has 0 aliphatic rings. The highest BCUT2D eigenvalue weighted by Gasteiger charge is 2.25. The molecule has 0 saturated heterocycles. The molecule has 0 saturated carbocycles. The Morgan fingerprint density at radius 2 is 2.04 bits per heavy atom. The number of aromatic amines is 1. The van der Waals surface area contributed by atoms with Crippen LogP contribution in [0.3, 0.4) is 0 Å². The number of carbonyl (C=O) groups excluding carboxylic acids is 1. The smallest absolute Gasteiger partial charge is 0.336 e. The number of methoxy groups -OCH3 is 1. The van der Waals surface area contributed by atoms with Crippen molar-refractivity contribution in [3.63, 3.8) is 0 Å². The summed E-state index contributed by atoms with van der Waals surface area (Å²) in [4.78, 5) is 42.6. The van der Waals surface area contributed by atoms with Gasteiger partial charge in [-0.3, -0.25) is 14.3 Å². The molecule has 0 unspecified atom stereocenters. The molecule has 0 spiro atoms. The summed E-state index contributed by atoms with van der Waals surface area (Å²) in [6.45, 7) is 1.54. The van der Waals surface area contributed by atoms with Crippen molar-refractivity contribution in [2.24, 2.45) is 7.05 Å². The van der Waals surface area contributed by atoms with Gasteiger partial charge in [0, 0.05) is 13.1 Å². The number of rotatable bonds is 4. The lowest BCUT2D eigenvalue weighted by atomic mass is 9.96. The maximum Gasteiger partial charge on any atom is 0.336 e. The van der Waals surface area contributed by atoms with Crippen LogP contribution in [-0.4, -0.2) is 31.8 Å². The number of nitrogens with one attached hydrogen (secondary N) is 1. The molecule has 3 rings (SSSR count). The van der Waals surface area contributed by atoms with Crippen LogP contribution in [-0.2, 0) is 7.05 Å². The molecular weight excluding hydrogens is 331 g/mol. The molecule has 1 N–H and O–H groups in total. The number of carbonyl (C=O) groups is 1. The van der Waals surface area contributed by atoms with Crippen LogP contribution in [0.25, 0.3) is 5.78 Å². The van der Waals surface area contributed by atoms with Gasteiger partial charge in [0.1, 0.15) is 11.6 Å². The quantitative estimate of drug-likeness (QED) is 0.707. The first-order valence-electron chi connectivity index (χ1n) is 7.39. The fourth-order valence-corrected chi connectivity index (χ4v) is 2.62. The van der Waals surface area contributed by atoms with Crippen LogP contribution in [0.5, 0.6) is 5.75 Å². The van der Waals surface area contributed by atoms with Crippen molar-refractivity contribution < 1.29 is 13.9 Å². The normalized spacial score (nSPS) is 12.3. The van der Waals surface area contributed by atoms with E-state index in [9.17, 15) is 18.8 Å². The highest BCUT2D eigenvalue weighted by molar-refractivity contribution is 6.00. The SMILES string of the molecule is COc1ccc(C(=O)[C@H](C)c2cnc3n(C)c(=O)[nH]c(=O)n23)c(F)c1. The lowest BCUT2D eigenvalue weighted by Gasteiger charge is -2.11. The average Bonchev–Trinajstić information content (AvgIpc) is 3.04. The van der Waals surface area contributed by atoms with E-state index in [-0.39, 0.29) is 17.0 Å². The van der Waals surface area contributed by atoms with E-state index >= 15 is 0 Å². The number of aromatic nitrogens is 4. The summed E-state index contributed by atoms with van der Waals surface area (Å²) < 4.78 is 21.4. The van der Waals surface area contributed by atoms with Crippen molar-refractivity contribution in [2.75, 3.05) is 7.11 Å². The van der Waals surface area contributed by atoms with Crippen LogP contribution >= 0.6 is 0 Å². The number of aryl methyl sites for hydroxylation is 1. The Kier molecular flexibility index (Phi) is 3.99. The number of Topliss-reactive ketones (excluding diaryl/α,β-unsaturated/α-hetero) is 1. The molecule has 0 amide bonds. The predicted molar refractivity (Wildman–Crippen MR) is 86.8 cm³/mol. The second-order valence-electron chi connectivity index (χ2n) is 5.54. The molecule has 1 aromatic carbocycles. The van der Waals surface area contributed by atoms with Gasteiger partial charge in [0.15, 0.2) is 5.78 Å². The van der Waals surface area contributed by atoms with E-state index in [0.717, 1.165) is 15.0 Å². The van der Waals surface area contributed by atoms with E-state index in [1.54, 1.807) is 6.92 Å². The Morgan fingerprint density at radius 3 is 2.68 bits per heavy atom. The number of H-pyrrole nitrogens is 1. The van der Waals surface area contributed by atoms with Crippen molar-refractivity contribution >= 4 is 11.6 Å². The zero-order valence-corrected chi connectivity index (χ0v) is 13.7. The first kappa shape index (κ1) is 16.6. The number of hydrogen-bond acceptors (Lipinski definition) is 5. The molecule has 0 fully saturated rings. The minimum atomic E-state index is -0.850. The third kappa shape index (κ3) is 2.63. The van der Waals surface area contributed by atoms with E-state index in [2.05, 4.69) is 9.97 Å². The first-order valence-corrected chi connectivity index (χ1v) is 7.39. The number of halogens is 1. The molecule has 0 bridgehead atoms. The van der Waals surface area contributed by atoms with Crippen LogP contribution in [0.15, 0.2) is 34.0 Å². The van der Waals surface area contributed by atoms with Gasteiger partial charge in [-0.05, 0) is 19.1 Å². The van der Waals surface area contributed by atoms with Gasteiger partial charge in [-0.2, -0.15) is 0 Å². The molecule has 25 heavy (non-hydrogen) atoms. The number of benzene rings is 1. The summed E-state index contributed by atoms with van der Waals surface area (Å²) in [5.74, 6) is -1.69. The van der Waals surface area contributed by atoms with Crippen molar-refractivity contribution in [3.05, 3.63) is 62.4 Å². The molecule has 0 radical (unpaired) electrons. The predicted octanol–water partition coefficient (Wildman–Crippen LogP) is 0.855. The fraction of sp³-hybridized carbons (Fsp3) is 0.250. The lowest BCUT2D eigenvalue weighted by Crippen LogP contribution is -2.34. The van der Waals surface area contributed by atoms with Gasteiger partial charge in [0.2, 0.25) is 5.78 Å². The molecule has 3 aromatic rings. The minimum absolute atomic E-state index is 0.0959. The summed E-state index contributed by atoms with van der Waals surface area (Å²) in [6, 6.07) is 3.93. The van der Waals surface area contributed by atoms with Crippen molar-refractivity contribution in [1.29, 1.82) is 0 Å². The molecule has 0 aliphatic carbocycles. The number of hydrogen-bond donors (Lipinski definition) is 1. The number of fused-ring (bicyclic) bond motifs is 1. The molecule has 130 valence electrons. The van der Waals surface area contributed by atoms with E-state index < -0.39 is 28.9 Å². The second kappa shape index (κ2) is 6.00. The third-order valence-electron chi connectivity index (χ3n) is 4.07. The van der Waals surface area contributed by atoms with Gasteiger partial charge in [0.05, 0.1) is 30.5 Å². The Hall–Kier alpha value is -3.23. The van der Waals surface area contributed by atoms with Gasteiger partial charge in [-0.1, -0.05) is 0 Å². The standard InChI is InChI=1S/C16H15FN4O4/c1-8(13(22)10-5-4-9(25-3)6-11(10)17)12-7-18-14-20(2)15(23)19-16(24)21(12)14/h4-8H,1-3H3,(H,19,23,24)/t8-/m1/s1. The van der Waals surface area contributed by atoms with Crippen molar-refractivity contribution in [3.8, 4) is 5.75 Å². The molecule has 2 heterocycles. The first-order chi connectivity index (χ1) is 11.8. The summed E-state index contributed by atoms with van der Waals surface area (Å²) >= 11 is 0. The molecule has 1 atom stereocenters. The molecule has 8 nitrogen and oxygen atoms in total. The summed E-state index contributed by atoms with van der Waals surface area (Å²) in [6.07, 6.45) is 1.33. The Bertz CT molecular complexity index is 1100. The highest BCUT2D eigenvalue weighted by Crippen LogP contribution is 2.24. The van der Waals surface area contributed by atoms with Gasteiger partial charge in [0.25, 0.3) is 0 Å². The van der Waals surface area contributed by atoms with E-state index in [4.69, 9.17) is 4.74 Å². The third-order valence-corrected chi connectivity index (χ3v) is 4.07. The number of nitrogens with zero attached hydrogens (tertiary/aromatic N) is 3. The summed E-state index contributed by atoms with van der Waals surface area (Å²) in [7, 11) is 2.84. The topological polar surface area (TPSA) is 98.5 Å². The van der Waals surface area contributed by atoms with E-state index in [0.29, 0.717) is 5.75 Å². The molecular formula is C16H15FN4O4. The van der Waals surface area contributed by atoms with Crippen LogP contribution < -0.4 is 16.1 Å². The lowest BCUT2D eigenvalue weighted by molar-refractivity contribution is 0.0960. The summed E-state index contributed by atoms with van der Waals surface area (Å²) in [5.41, 5.74) is -1.19. The largest absolute Gasteiger partial charge is 0.497 e. The number of ketones is 1. The molecule has 0 aliphatic heterocycles. The monoisotopic (exact) mass is 346 g/mol. The Morgan fingerprint density at radius 1 is 1.32 bits per heavy atom. The zero-order chi connectivity index (χ0) is 18.3. The van der Waals surface area contributed by atoms with Gasteiger partial charge >= 0.3 is 11.4 Å². The van der Waals surface area contributed by atoms with Crippen LogP contribution in [0.2, 0.25) is 0 Å². The van der Waals surface area contributed by atoms with Gasteiger partial charge < -0.3 is 4.74 Å². The number of ether oxygens (including phenoxy) is 1. The van der Waals surface area contributed by atoms with Gasteiger partial charge in [-0.25, -0.2) is 23.4 Å². The second-order valence-corrected chi connectivity index (χ2v) is 5.54. The summed E-state index contributed by atoms with van der Waals surface area (Å²) in [5, 5.41) is 0. The van der Waals surface area contributed by atoms with Crippen molar-refractivity contribution in [1.82, 2.24) is 18.9 Å². The minimum Gasteiger partial charge on any atom is -0.497 e. The fourth-order valence-electron chi connectivity index (χ4n) is 2.62. The maximum atomic E-state index is 14.2. The van der Waals surface area contributed by atoms with Crippen molar-refractivity contribution in [2.45, 2.75) is 12.8 Å². The molecule has 2 aromatic heterocycles. The maximum absolute atomic E-state index is 14.2. The van der Waals surface area contributed by atoms with Gasteiger partial charge in [-0.15, -0.1) is 0 Å². The van der Waals surface area contributed by atoms with Crippen LogP contribution in [0.1, 0.15) is 28.9 Å². The van der Waals surface area contributed by atoms with Crippen LogP contribution in [0, 0.1) is 5.82 Å². The van der Waals surface area contributed by atoms with E-state index in [1.165, 1.54) is 32.5 Å². The zero-order valence-electron chi connectivity index (χ0n) is 13.7. The highest BCUT2D eigenvalue weighted by atomic mass is 19.1. The van der Waals surface area contributed by atoms with Crippen LogP contribution in [0.4, 0.5) is 4.39 Å². The average molecular weight is 346 g/mol. The Labute approximate surface area is 140 Å².